The van der Waals surface area contributed by atoms with E-state index in [1.165, 1.54) is 0 Å². The number of carbonyl (C=O) groups is 1. The third-order valence-corrected chi connectivity index (χ3v) is 3.92. The molecule has 0 aliphatic carbocycles. The molecular weight excluding hydrogens is 268 g/mol. The van der Waals surface area contributed by atoms with Gasteiger partial charge in [0.2, 0.25) is 0 Å². The van der Waals surface area contributed by atoms with Gasteiger partial charge in [0.1, 0.15) is 6.61 Å². The highest BCUT2D eigenvalue weighted by molar-refractivity contribution is 5.68. The normalized spacial score (nSPS) is 23.1. The Kier molecular flexibility index (Phi) is 5.59. The third kappa shape index (κ3) is 4.19. The van der Waals surface area contributed by atoms with E-state index in [0.29, 0.717) is 26.2 Å². The second kappa shape index (κ2) is 7.43. The summed E-state index contributed by atoms with van der Waals surface area (Å²) in [6.07, 6.45) is -0.263. The molecule has 1 N–H and O–H groups in total. The van der Waals surface area contributed by atoms with E-state index >= 15 is 0 Å². The zero-order chi connectivity index (χ0) is 15.2. The highest BCUT2D eigenvalue weighted by atomic mass is 16.6. The van der Waals surface area contributed by atoms with Gasteiger partial charge in [0.25, 0.3) is 0 Å². The Morgan fingerprint density at radius 1 is 1.24 bits per heavy atom. The van der Waals surface area contributed by atoms with E-state index in [-0.39, 0.29) is 24.8 Å². The minimum absolute atomic E-state index is 0.146. The second-order valence-corrected chi connectivity index (χ2v) is 5.60. The standard InChI is InChI=1S/C16H24N2O3/c1-13-10-17(11-14(2)18(13)8-9-19)16(20)21-12-15-6-4-3-5-7-15/h3-7,13-14,19H,8-12H2,1-2H3/t13-,14+. The summed E-state index contributed by atoms with van der Waals surface area (Å²) in [6.45, 7) is 6.52. The van der Waals surface area contributed by atoms with Crippen LogP contribution in [0.25, 0.3) is 0 Å². The number of carbonyl (C=O) groups excluding carboxylic acids is 1. The van der Waals surface area contributed by atoms with E-state index in [1.54, 1.807) is 4.90 Å². The predicted octanol–water partition coefficient (Wildman–Crippen LogP) is 1.71. The number of aliphatic hydroxyl groups is 1. The number of hydrogen-bond donors (Lipinski definition) is 1. The Labute approximate surface area is 126 Å². The van der Waals surface area contributed by atoms with Gasteiger partial charge in [-0.3, -0.25) is 4.90 Å². The van der Waals surface area contributed by atoms with Gasteiger partial charge in [0.05, 0.1) is 6.61 Å². The van der Waals surface area contributed by atoms with Crippen LogP contribution < -0.4 is 0 Å². The molecule has 5 nitrogen and oxygen atoms in total. The lowest BCUT2D eigenvalue weighted by Crippen LogP contribution is -2.58. The summed E-state index contributed by atoms with van der Waals surface area (Å²) < 4.78 is 5.38. The van der Waals surface area contributed by atoms with Crippen LogP contribution in [0, 0.1) is 0 Å². The highest BCUT2D eigenvalue weighted by Gasteiger charge is 2.31. The molecule has 1 aromatic carbocycles. The lowest BCUT2D eigenvalue weighted by Gasteiger charge is -2.43. The number of hydrogen-bond acceptors (Lipinski definition) is 4. The molecule has 1 aromatic rings. The van der Waals surface area contributed by atoms with E-state index in [2.05, 4.69) is 18.7 Å². The van der Waals surface area contributed by atoms with Crippen molar-refractivity contribution in [2.75, 3.05) is 26.2 Å². The van der Waals surface area contributed by atoms with Crippen LogP contribution in [-0.2, 0) is 11.3 Å². The average Bonchev–Trinajstić information content (AvgIpc) is 2.49. The Morgan fingerprint density at radius 2 is 1.86 bits per heavy atom. The van der Waals surface area contributed by atoms with E-state index in [9.17, 15) is 4.79 Å². The molecule has 0 bridgehead atoms. The van der Waals surface area contributed by atoms with Crippen LogP contribution in [0.1, 0.15) is 19.4 Å². The van der Waals surface area contributed by atoms with Gasteiger partial charge >= 0.3 is 6.09 Å². The molecule has 1 saturated heterocycles. The molecule has 116 valence electrons. The van der Waals surface area contributed by atoms with Gasteiger partial charge in [-0.15, -0.1) is 0 Å². The van der Waals surface area contributed by atoms with Crippen LogP contribution >= 0.6 is 0 Å². The van der Waals surface area contributed by atoms with Gasteiger partial charge in [-0.05, 0) is 19.4 Å². The number of piperazine rings is 1. The summed E-state index contributed by atoms with van der Waals surface area (Å²) in [5, 5.41) is 9.09. The summed E-state index contributed by atoms with van der Waals surface area (Å²) in [7, 11) is 0. The fourth-order valence-corrected chi connectivity index (χ4v) is 2.87. The van der Waals surface area contributed by atoms with Gasteiger partial charge in [-0.2, -0.15) is 0 Å². The van der Waals surface area contributed by atoms with Crippen molar-refractivity contribution in [3.8, 4) is 0 Å². The summed E-state index contributed by atoms with van der Waals surface area (Å²) in [4.78, 5) is 16.1. The van der Waals surface area contributed by atoms with E-state index in [1.807, 2.05) is 30.3 Å². The first-order valence-electron chi connectivity index (χ1n) is 7.44. The van der Waals surface area contributed by atoms with Crippen LogP contribution in [0.15, 0.2) is 30.3 Å². The number of ether oxygens (including phenoxy) is 1. The largest absolute Gasteiger partial charge is 0.445 e. The molecule has 0 unspecified atom stereocenters. The molecule has 1 fully saturated rings. The van der Waals surface area contributed by atoms with Crippen LogP contribution in [-0.4, -0.2) is 59.3 Å². The summed E-state index contributed by atoms with van der Waals surface area (Å²) in [5.74, 6) is 0. The van der Waals surface area contributed by atoms with E-state index in [4.69, 9.17) is 9.84 Å². The maximum absolute atomic E-state index is 12.2. The van der Waals surface area contributed by atoms with Crippen molar-refractivity contribution in [3.63, 3.8) is 0 Å². The maximum atomic E-state index is 12.2. The van der Waals surface area contributed by atoms with Crippen LogP contribution in [0.3, 0.4) is 0 Å². The van der Waals surface area contributed by atoms with Crippen molar-refractivity contribution >= 4 is 6.09 Å². The third-order valence-electron chi connectivity index (χ3n) is 3.92. The quantitative estimate of drug-likeness (QED) is 0.918. The van der Waals surface area contributed by atoms with Crippen molar-refractivity contribution < 1.29 is 14.6 Å². The van der Waals surface area contributed by atoms with Crippen molar-refractivity contribution in [1.82, 2.24) is 9.80 Å². The molecule has 0 radical (unpaired) electrons. The summed E-state index contributed by atoms with van der Waals surface area (Å²) >= 11 is 0. The molecular formula is C16H24N2O3. The SMILES string of the molecule is C[C@@H]1CN(C(=O)OCc2ccccc2)C[C@H](C)N1CCO. The van der Waals surface area contributed by atoms with Gasteiger partial charge in [-0.1, -0.05) is 30.3 Å². The highest BCUT2D eigenvalue weighted by Crippen LogP contribution is 2.16. The molecule has 21 heavy (non-hydrogen) atoms. The Morgan fingerprint density at radius 3 is 2.43 bits per heavy atom. The molecule has 1 aliphatic heterocycles. The van der Waals surface area contributed by atoms with E-state index < -0.39 is 0 Å². The predicted molar refractivity (Wildman–Crippen MR) is 80.9 cm³/mol. The summed E-state index contributed by atoms with van der Waals surface area (Å²) in [6, 6.07) is 10.1. The number of nitrogens with zero attached hydrogens (tertiary/aromatic N) is 2. The Hall–Kier alpha value is -1.59. The first kappa shape index (κ1) is 15.8. The number of rotatable bonds is 4. The number of β-amino-alcohol motifs (C(OH)–C–C–N with tert-alkyl or cyclic N) is 1. The Balaban J connectivity index is 1.86. The molecule has 2 rings (SSSR count). The van der Waals surface area contributed by atoms with Crippen molar-refractivity contribution in [2.45, 2.75) is 32.5 Å². The monoisotopic (exact) mass is 292 g/mol. The molecule has 1 heterocycles. The molecule has 5 heteroatoms. The van der Waals surface area contributed by atoms with Crippen molar-refractivity contribution in [1.29, 1.82) is 0 Å². The topological polar surface area (TPSA) is 53.0 Å². The lowest BCUT2D eigenvalue weighted by molar-refractivity contribution is 0.0176. The lowest BCUT2D eigenvalue weighted by atomic mass is 10.1. The second-order valence-electron chi connectivity index (χ2n) is 5.60. The molecule has 0 aromatic heterocycles. The van der Waals surface area contributed by atoms with Gasteiger partial charge in [0, 0.05) is 31.7 Å². The van der Waals surface area contributed by atoms with Gasteiger partial charge in [0.15, 0.2) is 0 Å². The van der Waals surface area contributed by atoms with E-state index in [0.717, 1.165) is 5.56 Å². The van der Waals surface area contributed by atoms with Gasteiger partial charge < -0.3 is 14.7 Å². The molecule has 1 amide bonds. The smallest absolute Gasteiger partial charge is 0.410 e. The number of aliphatic hydroxyl groups excluding tert-OH is 1. The van der Waals surface area contributed by atoms with Crippen molar-refractivity contribution in [2.24, 2.45) is 0 Å². The first-order chi connectivity index (χ1) is 10.1. The average molecular weight is 292 g/mol. The van der Waals surface area contributed by atoms with Gasteiger partial charge in [-0.25, -0.2) is 4.79 Å². The van der Waals surface area contributed by atoms with Crippen LogP contribution in [0.4, 0.5) is 4.79 Å². The first-order valence-corrected chi connectivity index (χ1v) is 7.44. The van der Waals surface area contributed by atoms with Crippen molar-refractivity contribution in [3.05, 3.63) is 35.9 Å². The summed E-state index contributed by atoms with van der Waals surface area (Å²) in [5.41, 5.74) is 0.992. The molecule has 1 aliphatic rings. The minimum Gasteiger partial charge on any atom is -0.445 e. The fourth-order valence-electron chi connectivity index (χ4n) is 2.87. The number of amides is 1. The molecule has 2 atom stereocenters. The number of benzene rings is 1. The zero-order valence-electron chi connectivity index (χ0n) is 12.7. The minimum atomic E-state index is -0.263. The van der Waals surface area contributed by atoms with Crippen LogP contribution in [0.2, 0.25) is 0 Å². The van der Waals surface area contributed by atoms with Crippen LogP contribution in [0.5, 0.6) is 0 Å². The zero-order valence-corrected chi connectivity index (χ0v) is 12.7. The molecule has 0 spiro atoms. The molecule has 0 saturated carbocycles. The fraction of sp³-hybridized carbons (Fsp3) is 0.562. The Bertz CT molecular complexity index is 440. The maximum Gasteiger partial charge on any atom is 0.410 e.